The number of nitrogens with zero attached hydrogens (tertiary/aromatic N) is 2. The largest absolute Gasteiger partial charge is 0.245 e. The molecule has 9 rings (SSSR count). The molecule has 5 aromatic carbocycles. The van der Waals surface area contributed by atoms with E-state index in [0.29, 0.717) is 0 Å². The zero-order chi connectivity index (χ0) is 31.9. The Morgan fingerprint density at radius 2 is 0.708 bits per heavy atom. The van der Waals surface area contributed by atoms with E-state index in [-0.39, 0.29) is 0 Å². The van der Waals surface area contributed by atoms with E-state index in [1.165, 1.54) is 22.3 Å². The number of benzene rings is 5. The van der Waals surface area contributed by atoms with Crippen LogP contribution in [0.25, 0.3) is 87.5 Å². The monoisotopic (exact) mass is 648 g/mol. The summed E-state index contributed by atoms with van der Waals surface area (Å²) in [5, 5.41) is 6.42. The fourth-order valence-electron chi connectivity index (χ4n) is 6.50. The number of thiophene rings is 2. The molecule has 48 heavy (non-hydrogen) atoms. The average molecular weight is 649 g/mol. The Bertz CT molecular complexity index is 2320. The molecule has 0 saturated carbocycles. The normalized spacial score (nSPS) is 11.3. The molecule has 0 spiro atoms. The predicted octanol–water partition coefficient (Wildman–Crippen LogP) is 12.9. The molecular formula is C44H28N2S2. The fraction of sp³-hybridized carbons (Fsp3) is 0. The molecule has 0 atom stereocenters. The van der Waals surface area contributed by atoms with Crippen LogP contribution < -0.4 is 0 Å². The van der Waals surface area contributed by atoms with E-state index in [9.17, 15) is 0 Å². The van der Waals surface area contributed by atoms with Gasteiger partial charge >= 0.3 is 0 Å². The standard InChI is InChI=1S/C44H28N2S2/c1-3-9-29(10-4-1)31-15-19-33(20-16-31)37-27-39(41-13-7-25-47-41)45-43-35(37)23-24-36-38(28-40(46-44(36)43)42-14-8-26-48-42)34-21-17-32(18-22-34)30-11-5-2-6-12-30/h1-28H. The highest BCUT2D eigenvalue weighted by molar-refractivity contribution is 7.13. The molecule has 4 heteroatoms. The highest BCUT2D eigenvalue weighted by Crippen LogP contribution is 2.41. The minimum absolute atomic E-state index is 0.918. The maximum atomic E-state index is 5.36. The molecule has 0 N–H and O–H groups in total. The van der Waals surface area contributed by atoms with Crippen molar-refractivity contribution in [3.8, 4) is 65.6 Å². The van der Waals surface area contributed by atoms with Gasteiger partial charge in [0.2, 0.25) is 0 Å². The van der Waals surface area contributed by atoms with Crippen molar-refractivity contribution in [1.82, 2.24) is 9.97 Å². The van der Waals surface area contributed by atoms with Gasteiger partial charge in [-0.3, -0.25) is 0 Å². The summed E-state index contributed by atoms with van der Waals surface area (Å²) in [6, 6.07) is 56.3. The molecule has 4 heterocycles. The van der Waals surface area contributed by atoms with Crippen molar-refractivity contribution in [2.45, 2.75) is 0 Å². The summed E-state index contributed by atoms with van der Waals surface area (Å²) in [5.74, 6) is 0. The molecule has 9 aromatic rings. The SMILES string of the molecule is c1ccc(-c2ccc(-c3cc(-c4cccs4)nc4c3ccc3c(-c5ccc(-c6ccccc6)cc5)cc(-c5cccs5)nc34)cc2)cc1. The molecule has 0 saturated heterocycles. The average Bonchev–Trinajstić information content (AvgIpc) is 3.91. The van der Waals surface area contributed by atoms with E-state index < -0.39 is 0 Å². The molecule has 0 unspecified atom stereocenters. The van der Waals surface area contributed by atoms with Crippen LogP contribution in [0.1, 0.15) is 0 Å². The van der Waals surface area contributed by atoms with Crippen LogP contribution in [0.2, 0.25) is 0 Å². The Hall–Kier alpha value is -5.68. The second-order valence-corrected chi connectivity index (χ2v) is 13.7. The van der Waals surface area contributed by atoms with Crippen molar-refractivity contribution in [3.63, 3.8) is 0 Å². The summed E-state index contributed by atoms with van der Waals surface area (Å²) in [7, 11) is 0. The van der Waals surface area contributed by atoms with E-state index in [4.69, 9.17) is 9.97 Å². The lowest BCUT2D eigenvalue weighted by molar-refractivity contribution is 1.38. The summed E-state index contributed by atoms with van der Waals surface area (Å²) < 4.78 is 0. The van der Waals surface area contributed by atoms with Gasteiger partial charge in [0.15, 0.2) is 0 Å². The number of rotatable bonds is 6. The van der Waals surface area contributed by atoms with Crippen molar-refractivity contribution in [3.05, 3.63) is 168 Å². The van der Waals surface area contributed by atoms with Gasteiger partial charge in [-0.05, 0) is 79.5 Å². The molecule has 0 bridgehead atoms. The van der Waals surface area contributed by atoms with E-state index >= 15 is 0 Å². The number of pyridine rings is 2. The molecule has 0 fully saturated rings. The molecule has 0 amide bonds. The Morgan fingerprint density at radius 1 is 0.333 bits per heavy atom. The third kappa shape index (κ3) is 5.22. The van der Waals surface area contributed by atoms with Gasteiger partial charge in [-0.15, -0.1) is 22.7 Å². The van der Waals surface area contributed by atoms with Gasteiger partial charge in [0.25, 0.3) is 0 Å². The fourth-order valence-corrected chi connectivity index (χ4v) is 7.87. The molecule has 0 aliphatic rings. The van der Waals surface area contributed by atoms with Gasteiger partial charge in [-0.1, -0.05) is 133 Å². The lowest BCUT2D eigenvalue weighted by atomic mass is 9.93. The Morgan fingerprint density at radius 3 is 1.08 bits per heavy atom. The van der Waals surface area contributed by atoms with Gasteiger partial charge in [-0.25, -0.2) is 9.97 Å². The van der Waals surface area contributed by atoms with Crippen LogP contribution in [0.15, 0.2) is 168 Å². The third-order valence-electron chi connectivity index (χ3n) is 8.91. The second-order valence-electron chi connectivity index (χ2n) is 11.8. The van der Waals surface area contributed by atoms with Crippen molar-refractivity contribution in [2.24, 2.45) is 0 Å². The molecule has 0 aliphatic carbocycles. The van der Waals surface area contributed by atoms with Gasteiger partial charge < -0.3 is 0 Å². The van der Waals surface area contributed by atoms with Gasteiger partial charge in [0.1, 0.15) is 0 Å². The van der Waals surface area contributed by atoms with Gasteiger partial charge in [0.05, 0.1) is 32.2 Å². The maximum absolute atomic E-state index is 5.36. The quantitative estimate of drug-likeness (QED) is 0.168. The van der Waals surface area contributed by atoms with Crippen molar-refractivity contribution in [1.29, 1.82) is 0 Å². The first-order valence-corrected chi connectivity index (χ1v) is 17.7. The molecule has 4 aromatic heterocycles. The highest BCUT2D eigenvalue weighted by atomic mass is 32.1. The smallest absolute Gasteiger partial charge is 0.0979 e. The summed E-state index contributed by atoms with van der Waals surface area (Å²) in [6.07, 6.45) is 0. The minimum atomic E-state index is 0.918. The number of hydrogen-bond donors (Lipinski definition) is 0. The first-order valence-electron chi connectivity index (χ1n) is 16.0. The first kappa shape index (κ1) is 28.5. The predicted molar refractivity (Wildman–Crippen MR) is 205 cm³/mol. The number of fused-ring (bicyclic) bond motifs is 3. The lowest BCUT2D eigenvalue weighted by Crippen LogP contribution is -1.95. The summed E-state index contributed by atoms with van der Waals surface area (Å²) >= 11 is 3.43. The van der Waals surface area contributed by atoms with Crippen LogP contribution >= 0.6 is 22.7 Å². The summed E-state index contributed by atoms with van der Waals surface area (Å²) in [4.78, 5) is 13.0. The van der Waals surface area contributed by atoms with Crippen molar-refractivity contribution in [2.75, 3.05) is 0 Å². The van der Waals surface area contributed by atoms with E-state index in [2.05, 4.69) is 168 Å². The molecule has 2 nitrogen and oxygen atoms in total. The molecule has 0 aliphatic heterocycles. The van der Waals surface area contributed by atoms with E-state index in [0.717, 1.165) is 65.2 Å². The van der Waals surface area contributed by atoms with Crippen LogP contribution in [-0.4, -0.2) is 9.97 Å². The number of aromatic nitrogens is 2. The van der Waals surface area contributed by atoms with Crippen molar-refractivity contribution < 1.29 is 0 Å². The zero-order valence-corrected chi connectivity index (χ0v) is 27.5. The number of hydrogen-bond acceptors (Lipinski definition) is 4. The summed E-state index contributed by atoms with van der Waals surface area (Å²) in [6.45, 7) is 0. The Kier molecular flexibility index (Phi) is 7.23. The molecule has 0 radical (unpaired) electrons. The highest BCUT2D eigenvalue weighted by Gasteiger charge is 2.18. The van der Waals surface area contributed by atoms with E-state index in [1.807, 2.05) is 0 Å². The zero-order valence-electron chi connectivity index (χ0n) is 25.9. The topological polar surface area (TPSA) is 25.8 Å². The van der Waals surface area contributed by atoms with Gasteiger partial charge in [0, 0.05) is 10.8 Å². The van der Waals surface area contributed by atoms with Crippen LogP contribution in [0, 0.1) is 0 Å². The second kappa shape index (κ2) is 12.2. The van der Waals surface area contributed by atoms with Crippen LogP contribution in [-0.2, 0) is 0 Å². The molecule has 226 valence electrons. The van der Waals surface area contributed by atoms with Crippen LogP contribution in [0.3, 0.4) is 0 Å². The van der Waals surface area contributed by atoms with Gasteiger partial charge in [-0.2, -0.15) is 0 Å². The third-order valence-corrected chi connectivity index (χ3v) is 10.7. The Balaban J connectivity index is 1.27. The molecular weight excluding hydrogens is 621 g/mol. The van der Waals surface area contributed by atoms with Crippen molar-refractivity contribution >= 4 is 44.5 Å². The van der Waals surface area contributed by atoms with Crippen LogP contribution in [0.5, 0.6) is 0 Å². The van der Waals surface area contributed by atoms with Crippen LogP contribution in [0.4, 0.5) is 0 Å². The minimum Gasteiger partial charge on any atom is -0.245 e. The lowest BCUT2D eigenvalue weighted by Gasteiger charge is -2.15. The maximum Gasteiger partial charge on any atom is 0.0979 e. The Labute approximate surface area is 287 Å². The van der Waals surface area contributed by atoms with E-state index in [1.54, 1.807) is 22.7 Å². The first-order chi connectivity index (χ1) is 23.8. The summed E-state index contributed by atoms with van der Waals surface area (Å²) in [5.41, 5.74) is 13.2.